The summed E-state index contributed by atoms with van der Waals surface area (Å²) in [7, 11) is 0. The second-order valence-corrected chi connectivity index (χ2v) is 13.8. The lowest BCUT2D eigenvalue weighted by molar-refractivity contribution is -0.146. The zero-order chi connectivity index (χ0) is 29.9. The molecule has 0 aromatic carbocycles. The molecular formula is C34H58O6. The Balaban J connectivity index is 1.83. The molecule has 6 heteroatoms. The summed E-state index contributed by atoms with van der Waals surface area (Å²) < 4.78 is 10.9. The average Bonchev–Trinajstić information content (AvgIpc) is 2.91. The summed E-state index contributed by atoms with van der Waals surface area (Å²) in [6.07, 6.45) is 18.0. The largest absolute Gasteiger partial charge is 0.462 e. The highest BCUT2D eigenvalue weighted by Crippen LogP contribution is 2.43. The second kappa shape index (κ2) is 16.1. The van der Waals surface area contributed by atoms with E-state index < -0.39 is 23.1 Å². The topological polar surface area (TPSA) is 93.1 Å². The molecule has 2 aliphatic rings. The smallest absolute Gasteiger partial charge is 0.336 e. The molecule has 6 nitrogen and oxygen atoms in total. The van der Waals surface area contributed by atoms with Gasteiger partial charge in [-0.05, 0) is 89.9 Å². The van der Waals surface area contributed by atoms with Gasteiger partial charge in [0.1, 0.15) is 0 Å². The SMILES string of the molecule is C=C(C(=O)OCC(CCC1CCC(C2CCC(CCCCC)CC2)CC1)COC(=O)C(=C)C(C)(C)O)C(C)(C)O. The van der Waals surface area contributed by atoms with Crippen molar-refractivity contribution in [2.75, 3.05) is 13.2 Å². The first kappa shape index (κ1) is 34.5. The minimum Gasteiger partial charge on any atom is -0.462 e. The number of rotatable bonds is 16. The van der Waals surface area contributed by atoms with Gasteiger partial charge in [0.05, 0.1) is 35.6 Å². The Morgan fingerprint density at radius 2 is 1.12 bits per heavy atom. The average molecular weight is 563 g/mol. The van der Waals surface area contributed by atoms with Crippen molar-refractivity contribution >= 4 is 11.9 Å². The minimum atomic E-state index is -1.36. The summed E-state index contributed by atoms with van der Waals surface area (Å²) in [5.41, 5.74) is -2.74. The van der Waals surface area contributed by atoms with Crippen LogP contribution in [0.25, 0.3) is 0 Å². The van der Waals surface area contributed by atoms with Crippen molar-refractivity contribution in [2.45, 2.75) is 136 Å². The number of aliphatic hydroxyl groups is 2. The molecule has 230 valence electrons. The van der Waals surface area contributed by atoms with Gasteiger partial charge in [-0.15, -0.1) is 0 Å². The van der Waals surface area contributed by atoms with E-state index in [2.05, 4.69) is 20.1 Å². The predicted octanol–water partition coefficient (Wildman–Crippen LogP) is 7.32. The summed E-state index contributed by atoms with van der Waals surface area (Å²) in [6.45, 7) is 15.7. The van der Waals surface area contributed by atoms with Crippen LogP contribution in [0.15, 0.2) is 24.3 Å². The summed E-state index contributed by atoms with van der Waals surface area (Å²) in [6, 6.07) is 0. The van der Waals surface area contributed by atoms with Crippen LogP contribution in [-0.4, -0.2) is 46.6 Å². The number of carbonyl (C=O) groups is 2. The molecule has 0 atom stereocenters. The molecule has 0 aromatic rings. The van der Waals surface area contributed by atoms with E-state index in [-0.39, 0.29) is 30.3 Å². The van der Waals surface area contributed by atoms with E-state index in [1.54, 1.807) is 0 Å². The van der Waals surface area contributed by atoms with Crippen LogP contribution in [0, 0.1) is 29.6 Å². The number of carbonyl (C=O) groups excluding carboxylic acids is 2. The normalized spacial score (nSPS) is 24.0. The zero-order valence-corrected chi connectivity index (χ0v) is 26.1. The Hall–Kier alpha value is -1.66. The summed E-state index contributed by atoms with van der Waals surface area (Å²) >= 11 is 0. The lowest BCUT2D eigenvalue weighted by atomic mass is 9.68. The van der Waals surface area contributed by atoms with Crippen molar-refractivity contribution in [3.63, 3.8) is 0 Å². The molecule has 0 unspecified atom stereocenters. The zero-order valence-electron chi connectivity index (χ0n) is 26.1. The highest BCUT2D eigenvalue weighted by molar-refractivity contribution is 5.90. The molecule has 0 heterocycles. The highest BCUT2D eigenvalue weighted by Gasteiger charge is 2.32. The molecule has 0 bridgehead atoms. The van der Waals surface area contributed by atoms with Crippen molar-refractivity contribution in [1.29, 1.82) is 0 Å². The molecule has 0 spiro atoms. The van der Waals surface area contributed by atoms with Crippen molar-refractivity contribution in [1.82, 2.24) is 0 Å². The van der Waals surface area contributed by atoms with E-state index in [0.29, 0.717) is 5.92 Å². The van der Waals surface area contributed by atoms with Gasteiger partial charge in [0.25, 0.3) is 0 Å². The van der Waals surface area contributed by atoms with Crippen molar-refractivity contribution in [3.8, 4) is 0 Å². The van der Waals surface area contributed by atoms with Gasteiger partial charge >= 0.3 is 11.9 Å². The first-order valence-corrected chi connectivity index (χ1v) is 15.9. The first-order valence-electron chi connectivity index (χ1n) is 15.9. The Labute approximate surface area is 244 Å². The molecule has 0 saturated heterocycles. The van der Waals surface area contributed by atoms with Gasteiger partial charge in [-0.2, -0.15) is 0 Å². The van der Waals surface area contributed by atoms with Crippen molar-refractivity contribution in [2.24, 2.45) is 29.6 Å². The van der Waals surface area contributed by atoms with Crippen LogP contribution in [0.2, 0.25) is 0 Å². The van der Waals surface area contributed by atoms with Gasteiger partial charge in [-0.3, -0.25) is 0 Å². The number of hydrogen-bond acceptors (Lipinski definition) is 6. The van der Waals surface area contributed by atoms with Crippen LogP contribution >= 0.6 is 0 Å². The summed E-state index contributed by atoms with van der Waals surface area (Å²) in [5.74, 6) is 1.89. The summed E-state index contributed by atoms with van der Waals surface area (Å²) in [4.78, 5) is 24.8. The molecule has 2 N–H and O–H groups in total. The Morgan fingerprint density at radius 1 is 0.725 bits per heavy atom. The molecule has 2 rings (SSSR count). The fourth-order valence-electron chi connectivity index (χ4n) is 6.33. The van der Waals surface area contributed by atoms with E-state index in [9.17, 15) is 19.8 Å². The van der Waals surface area contributed by atoms with Gasteiger partial charge in [0, 0.05) is 5.92 Å². The van der Waals surface area contributed by atoms with Crippen LogP contribution in [0.5, 0.6) is 0 Å². The fourth-order valence-corrected chi connectivity index (χ4v) is 6.33. The van der Waals surface area contributed by atoms with Crippen LogP contribution in [0.1, 0.15) is 125 Å². The third-order valence-corrected chi connectivity index (χ3v) is 9.52. The van der Waals surface area contributed by atoms with Crippen molar-refractivity contribution in [3.05, 3.63) is 24.3 Å². The quantitative estimate of drug-likeness (QED) is 0.116. The molecule has 0 aromatic heterocycles. The Bertz CT molecular complexity index is 774. The number of unbranched alkanes of at least 4 members (excludes halogenated alkanes) is 2. The molecular weight excluding hydrogens is 504 g/mol. The van der Waals surface area contributed by atoms with E-state index in [0.717, 1.165) is 30.6 Å². The molecule has 0 aliphatic heterocycles. The maximum atomic E-state index is 12.4. The maximum Gasteiger partial charge on any atom is 0.336 e. The molecule has 0 radical (unpaired) electrons. The van der Waals surface area contributed by atoms with Crippen LogP contribution in [0.3, 0.4) is 0 Å². The Kier molecular flexibility index (Phi) is 13.9. The molecule has 2 aliphatic carbocycles. The van der Waals surface area contributed by atoms with E-state index in [1.807, 2.05) is 0 Å². The van der Waals surface area contributed by atoms with Gasteiger partial charge in [0.15, 0.2) is 0 Å². The third kappa shape index (κ3) is 11.7. The van der Waals surface area contributed by atoms with E-state index >= 15 is 0 Å². The predicted molar refractivity (Wildman–Crippen MR) is 161 cm³/mol. The van der Waals surface area contributed by atoms with Crippen molar-refractivity contribution < 1.29 is 29.3 Å². The number of ether oxygens (including phenoxy) is 2. The standard InChI is InChI=1S/C34H58O6/c1-8-9-10-11-26-14-18-29(19-15-26)30-20-16-27(17-21-30)12-13-28(22-39-31(35)24(2)33(4,5)37)23-40-32(36)25(3)34(6,7)38/h26-30,37-38H,2-3,8-23H2,1,4-7H3. The van der Waals surface area contributed by atoms with E-state index in [4.69, 9.17) is 9.47 Å². The third-order valence-electron chi connectivity index (χ3n) is 9.52. The number of hydrogen-bond donors (Lipinski definition) is 2. The summed E-state index contributed by atoms with van der Waals surface area (Å²) in [5, 5.41) is 20.2. The van der Waals surface area contributed by atoms with E-state index in [1.165, 1.54) is 105 Å². The molecule has 2 fully saturated rings. The molecule has 40 heavy (non-hydrogen) atoms. The van der Waals surface area contributed by atoms with Gasteiger partial charge in [-0.25, -0.2) is 9.59 Å². The maximum absolute atomic E-state index is 12.4. The van der Waals surface area contributed by atoms with Gasteiger partial charge in [0.2, 0.25) is 0 Å². The van der Waals surface area contributed by atoms with Gasteiger partial charge in [-0.1, -0.05) is 71.4 Å². The monoisotopic (exact) mass is 562 g/mol. The number of esters is 2. The van der Waals surface area contributed by atoms with Gasteiger partial charge < -0.3 is 19.7 Å². The molecule has 2 saturated carbocycles. The van der Waals surface area contributed by atoms with Crippen LogP contribution in [0.4, 0.5) is 0 Å². The van der Waals surface area contributed by atoms with Crippen LogP contribution in [-0.2, 0) is 19.1 Å². The minimum absolute atomic E-state index is 0.00744. The second-order valence-electron chi connectivity index (χ2n) is 13.8. The lowest BCUT2D eigenvalue weighted by Crippen LogP contribution is -2.31. The first-order chi connectivity index (χ1) is 18.7. The van der Waals surface area contributed by atoms with Crippen LogP contribution < -0.4 is 0 Å². The fraction of sp³-hybridized carbons (Fsp3) is 0.824. The Morgan fingerprint density at radius 3 is 1.50 bits per heavy atom. The molecule has 0 amide bonds. The highest BCUT2D eigenvalue weighted by atomic mass is 16.5. The lowest BCUT2D eigenvalue weighted by Gasteiger charge is -2.38.